The molecule has 0 bridgehead atoms. The van der Waals surface area contributed by atoms with Crippen LogP contribution in [0.2, 0.25) is 0 Å². The summed E-state index contributed by atoms with van der Waals surface area (Å²) in [6.07, 6.45) is 2.26. The highest BCUT2D eigenvalue weighted by Gasteiger charge is 2.21. The Hall–Kier alpha value is -1.53. The van der Waals surface area contributed by atoms with Crippen LogP contribution in [0.15, 0.2) is 35.5 Å². The number of aryl methyl sites for hydroxylation is 1. The van der Waals surface area contributed by atoms with E-state index in [0.717, 1.165) is 62.5 Å². The van der Waals surface area contributed by atoms with Gasteiger partial charge < -0.3 is 9.64 Å². The van der Waals surface area contributed by atoms with Gasteiger partial charge in [0.15, 0.2) is 5.16 Å². The van der Waals surface area contributed by atoms with Crippen LogP contribution in [-0.2, 0) is 17.7 Å². The van der Waals surface area contributed by atoms with Crippen LogP contribution in [0.3, 0.4) is 0 Å². The van der Waals surface area contributed by atoms with E-state index in [4.69, 9.17) is 4.74 Å². The molecule has 5 nitrogen and oxygen atoms in total. The number of benzene rings is 1. The van der Waals surface area contributed by atoms with Crippen molar-refractivity contribution in [1.82, 2.24) is 14.8 Å². The molecule has 1 fully saturated rings. The van der Waals surface area contributed by atoms with Crippen LogP contribution in [-0.4, -0.2) is 46.8 Å². The summed E-state index contributed by atoms with van der Waals surface area (Å²) in [5.74, 6) is 2.64. The molecule has 0 atom stereocenters. The first-order chi connectivity index (χ1) is 12.2. The summed E-state index contributed by atoms with van der Waals surface area (Å²) in [7, 11) is 0. The van der Waals surface area contributed by atoms with E-state index < -0.39 is 0 Å². The highest BCUT2D eigenvalue weighted by atomic mass is 32.2. The highest BCUT2D eigenvalue weighted by molar-refractivity contribution is 7.99. The maximum Gasteiger partial charge on any atom is 0.228 e. The van der Waals surface area contributed by atoms with Crippen molar-refractivity contribution in [2.75, 3.05) is 37.0 Å². The third-order valence-corrected chi connectivity index (χ3v) is 5.28. The van der Waals surface area contributed by atoms with E-state index in [1.54, 1.807) is 0 Å². The molecule has 6 heteroatoms. The molecule has 0 N–H and O–H groups in total. The molecule has 0 saturated carbocycles. The average molecular weight is 361 g/mol. The predicted octanol–water partition coefficient (Wildman–Crippen LogP) is 3.50. The monoisotopic (exact) mass is 360 g/mol. The Bertz CT molecular complexity index is 638. The third kappa shape index (κ3) is 5.22. The van der Waals surface area contributed by atoms with Crippen molar-refractivity contribution in [3.63, 3.8) is 0 Å². The molecule has 0 aliphatic carbocycles. The Balaban J connectivity index is 1.60. The van der Waals surface area contributed by atoms with E-state index in [2.05, 4.69) is 63.8 Å². The van der Waals surface area contributed by atoms with Crippen molar-refractivity contribution in [2.45, 2.75) is 38.4 Å². The molecule has 1 aromatic heterocycles. The number of hydrogen-bond acceptors (Lipinski definition) is 5. The average Bonchev–Trinajstić information content (AvgIpc) is 3.02. The lowest BCUT2D eigenvalue weighted by atomic mass is 10.1. The van der Waals surface area contributed by atoms with Gasteiger partial charge in [-0.25, -0.2) is 0 Å². The van der Waals surface area contributed by atoms with E-state index in [1.165, 1.54) is 5.56 Å². The fourth-order valence-corrected chi connectivity index (χ4v) is 3.88. The van der Waals surface area contributed by atoms with Crippen LogP contribution in [0, 0.1) is 5.92 Å². The van der Waals surface area contributed by atoms with Gasteiger partial charge in [0.25, 0.3) is 0 Å². The van der Waals surface area contributed by atoms with Crippen LogP contribution >= 0.6 is 11.8 Å². The van der Waals surface area contributed by atoms with Gasteiger partial charge in [0.2, 0.25) is 5.95 Å². The second kappa shape index (κ2) is 9.25. The lowest BCUT2D eigenvalue weighted by molar-refractivity contribution is 0.121. The minimum absolute atomic E-state index is 0.569. The maximum absolute atomic E-state index is 5.47. The van der Waals surface area contributed by atoms with E-state index in [0.29, 0.717) is 5.92 Å². The lowest BCUT2D eigenvalue weighted by Gasteiger charge is -2.28. The van der Waals surface area contributed by atoms with Gasteiger partial charge in [0.1, 0.15) is 0 Å². The first-order valence-corrected chi connectivity index (χ1v) is 10.1. The van der Waals surface area contributed by atoms with Gasteiger partial charge in [-0.2, -0.15) is 0 Å². The number of hydrogen-bond donors (Lipinski definition) is 0. The van der Waals surface area contributed by atoms with Gasteiger partial charge >= 0.3 is 0 Å². The summed E-state index contributed by atoms with van der Waals surface area (Å²) >= 11 is 1.82. The molecule has 1 aliphatic heterocycles. The summed E-state index contributed by atoms with van der Waals surface area (Å²) in [5.41, 5.74) is 1.40. The summed E-state index contributed by atoms with van der Waals surface area (Å²) in [6, 6.07) is 10.7. The van der Waals surface area contributed by atoms with Crippen molar-refractivity contribution >= 4 is 17.7 Å². The van der Waals surface area contributed by atoms with Gasteiger partial charge in [-0.1, -0.05) is 55.9 Å². The van der Waals surface area contributed by atoms with Crippen molar-refractivity contribution in [3.05, 3.63) is 35.9 Å². The minimum Gasteiger partial charge on any atom is -0.378 e. The summed E-state index contributed by atoms with van der Waals surface area (Å²) < 4.78 is 7.76. The zero-order valence-electron chi connectivity index (χ0n) is 15.2. The predicted molar refractivity (Wildman–Crippen MR) is 103 cm³/mol. The number of anilines is 1. The van der Waals surface area contributed by atoms with E-state index in [1.807, 2.05) is 11.8 Å². The molecule has 25 heavy (non-hydrogen) atoms. The second-order valence-corrected chi connectivity index (χ2v) is 7.89. The Kier molecular flexibility index (Phi) is 6.76. The van der Waals surface area contributed by atoms with Crippen molar-refractivity contribution in [1.29, 1.82) is 0 Å². The molecule has 1 saturated heterocycles. The molecule has 0 unspecified atom stereocenters. The van der Waals surface area contributed by atoms with Crippen LogP contribution in [0.5, 0.6) is 0 Å². The molecule has 0 radical (unpaired) electrons. The quantitative estimate of drug-likeness (QED) is 0.532. The summed E-state index contributed by atoms with van der Waals surface area (Å²) in [4.78, 5) is 2.30. The smallest absolute Gasteiger partial charge is 0.228 e. The zero-order valence-corrected chi connectivity index (χ0v) is 16.0. The molecule has 1 aromatic carbocycles. The van der Waals surface area contributed by atoms with Gasteiger partial charge in [0.05, 0.1) is 13.2 Å². The third-order valence-electron chi connectivity index (χ3n) is 4.22. The lowest BCUT2D eigenvalue weighted by Crippen LogP contribution is -2.38. The summed E-state index contributed by atoms with van der Waals surface area (Å²) in [6.45, 7) is 8.78. The molecule has 2 heterocycles. The molecular formula is C19H28N4OS. The molecule has 1 aliphatic rings. The van der Waals surface area contributed by atoms with Crippen molar-refractivity contribution < 1.29 is 4.74 Å². The number of rotatable bonds is 8. The van der Waals surface area contributed by atoms with Crippen LogP contribution in [0.4, 0.5) is 5.95 Å². The Morgan fingerprint density at radius 2 is 1.88 bits per heavy atom. The Morgan fingerprint density at radius 1 is 1.12 bits per heavy atom. The molecular weight excluding hydrogens is 332 g/mol. The van der Waals surface area contributed by atoms with Crippen LogP contribution < -0.4 is 4.90 Å². The molecule has 3 rings (SSSR count). The first kappa shape index (κ1) is 18.3. The molecule has 0 amide bonds. The van der Waals surface area contributed by atoms with Gasteiger partial charge in [0, 0.05) is 25.4 Å². The SMILES string of the molecule is CC(C)Cn1c(SCCCc2ccccc2)nnc1N1CCOCC1. The van der Waals surface area contributed by atoms with Gasteiger partial charge in [-0.05, 0) is 24.3 Å². The number of nitrogens with zero attached hydrogens (tertiary/aromatic N) is 4. The molecule has 0 spiro atoms. The van der Waals surface area contributed by atoms with Gasteiger partial charge in [-0.3, -0.25) is 4.57 Å². The fraction of sp³-hybridized carbons (Fsp3) is 0.579. The minimum atomic E-state index is 0.569. The maximum atomic E-state index is 5.47. The highest BCUT2D eigenvalue weighted by Crippen LogP contribution is 2.25. The van der Waals surface area contributed by atoms with Gasteiger partial charge in [-0.15, -0.1) is 10.2 Å². The van der Waals surface area contributed by atoms with Crippen LogP contribution in [0.1, 0.15) is 25.8 Å². The normalized spacial score (nSPS) is 15.1. The zero-order chi connectivity index (χ0) is 17.5. The number of morpholine rings is 1. The summed E-state index contributed by atoms with van der Waals surface area (Å²) in [5, 5.41) is 10.0. The van der Waals surface area contributed by atoms with Crippen LogP contribution in [0.25, 0.3) is 0 Å². The van der Waals surface area contributed by atoms with E-state index >= 15 is 0 Å². The largest absolute Gasteiger partial charge is 0.378 e. The van der Waals surface area contributed by atoms with Crippen molar-refractivity contribution in [2.24, 2.45) is 5.92 Å². The van der Waals surface area contributed by atoms with E-state index in [9.17, 15) is 0 Å². The second-order valence-electron chi connectivity index (χ2n) is 6.82. The van der Waals surface area contributed by atoms with Crippen molar-refractivity contribution in [3.8, 4) is 0 Å². The number of ether oxygens (including phenoxy) is 1. The molecule has 136 valence electrons. The Morgan fingerprint density at radius 3 is 2.60 bits per heavy atom. The topological polar surface area (TPSA) is 43.2 Å². The standard InChI is InChI=1S/C19H28N4OS/c1-16(2)15-23-18(22-10-12-24-13-11-22)20-21-19(23)25-14-6-9-17-7-4-3-5-8-17/h3-5,7-8,16H,6,9-15H2,1-2H3. The van der Waals surface area contributed by atoms with E-state index in [-0.39, 0.29) is 0 Å². The Labute approximate surface area is 154 Å². The molecule has 2 aromatic rings. The first-order valence-electron chi connectivity index (χ1n) is 9.16. The fourth-order valence-electron chi connectivity index (χ4n) is 2.99. The number of aromatic nitrogens is 3. The number of thioether (sulfide) groups is 1.